The van der Waals surface area contributed by atoms with Crippen LogP contribution in [0.4, 0.5) is 35.1 Å². The minimum Gasteiger partial charge on any atom is -0.303 e. The zero-order valence-electron chi connectivity index (χ0n) is 8.57. The van der Waals surface area contributed by atoms with Gasteiger partial charge in [-0.3, -0.25) is 4.52 Å². The monoisotopic (exact) mass is 326 g/mol. The van der Waals surface area contributed by atoms with Crippen molar-refractivity contribution in [2.75, 3.05) is 0 Å². The molecule has 0 aliphatic rings. The van der Waals surface area contributed by atoms with Crippen LogP contribution in [0.15, 0.2) is 0 Å². The summed E-state index contributed by atoms with van der Waals surface area (Å²) in [6.45, 7) is 0. The van der Waals surface area contributed by atoms with Gasteiger partial charge < -0.3 is 9.79 Å². The van der Waals surface area contributed by atoms with Crippen LogP contribution >= 0.6 is 7.82 Å². The number of alkyl halides is 8. The van der Waals surface area contributed by atoms with Crippen LogP contribution in [0.1, 0.15) is 0 Å². The number of halogens is 8. The molecule has 0 fully saturated rings. The van der Waals surface area contributed by atoms with E-state index < -0.39 is 45.0 Å². The number of rotatable bonds is 7. The molecule has 2 N–H and O–H groups in total. The summed E-state index contributed by atoms with van der Waals surface area (Å²) < 4.78 is 112. The molecule has 4 nitrogen and oxygen atoms in total. The van der Waals surface area contributed by atoms with Crippen LogP contribution in [0.2, 0.25) is 0 Å². The Balaban J connectivity index is 5.82. The molecule has 0 amide bonds. The lowest BCUT2D eigenvalue weighted by Gasteiger charge is -2.36. The van der Waals surface area contributed by atoms with Crippen molar-refractivity contribution in [2.24, 2.45) is 0 Å². The first kappa shape index (κ1) is 18.6. The zero-order chi connectivity index (χ0) is 15.6. The van der Waals surface area contributed by atoms with Gasteiger partial charge >= 0.3 is 7.82 Å². The van der Waals surface area contributed by atoms with Gasteiger partial charge in [-0.15, -0.1) is 0 Å². The van der Waals surface area contributed by atoms with Crippen molar-refractivity contribution in [3.05, 3.63) is 0 Å². The summed E-state index contributed by atoms with van der Waals surface area (Å²) in [5.41, 5.74) is -4.98. The van der Waals surface area contributed by atoms with Gasteiger partial charge in [-0.2, -0.15) is 0 Å². The Morgan fingerprint density at radius 1 is 0.842 bits per heavy atom. The third-order valence-electron chi connectivity index (χ3n) is 1.92. The third kappa shape index (κ3) is 4.26. The van der Waals surface area contributed by atoms with Gasteiger partial charge in [-0.25, -0.2) is 39.7 Å². The van der Waals surface area contributed by atoms with Gasteiger partial charge in [0.25, 0.3) is 19.3 Å². The van der Waals surface area contributed by atoms with Crippen LogP contribution in [0.3, 0.4) is 0 Å². The molecule has 2 atom stereocenters. The Morgan fingerprint density at radius 3 is 1.32 bits per heavy atom. The zero-order valence-corrected chi connectivity index (χ0v) is 9.46. The molecule has 0 spiro atoms. The first-order chi connectivity index (χ1) is 8.36. The maximum absolute atomic E-state index is 13.0. The van der Waals surface area contributed by atoms with Crippen molar-refractivity contribution in [2.45, 2.75) is 37.2 Å². The largest absolute Gasteiger partial charge is 0.470 e. The molecular weight excluding hydrogens is 319 g/mol. The van der Waals surface area contributed by atoms with Crippen molar-refractivity contribution in [1.82, 2.24) is 0 Å². The second-order valence-electron chi connectivity index (χ2n) is 3.21. The standard InChI is InChI=1S/C6H7F8O4P/c7-1(3(9)10)6(5(13)14,2(8)4(11)12)18-19(15,16)17/h1-5H,(H2,15,16,17). The van der Waals surface area contributed by atoms with Crippen molar-refractivity contribution in [3.8, 4) is 0 Å². The molecule has 0 aliphatic heterocycles. The molecule has 0 aromatic rings. The third-order valence-corrected chi connectivity index (χ3v) is 2.48. The molecule has 19 heavy (non-hydrogen) atoms. The molecule has 0 aromatic carbocycles. The highest BCUT2D eigenvalue weighted by atomic mass is 31.2. The summed E-state index contributed by atoms with van der Waals surface area (Å²) in [6, 6.07) is 0. The molecule has 2 unspecified atom stereocenters. The van der Waals surface area contributed by atoms with E-state index in [0.717, 1.165) is 0 Å². The molecule has 0 radical (unpaired) electrons. The van der Waals surface area contributed by atoms with Gasteiger partial charge in [0, 0.05) is 0 Å². The normalized spacial score (nSPS) is 19.8. The quantitative estimate of drug-likeness (QED) is 0.557. The summed E-state index contributed by atoms with van der Waals surface area (Å²) >= 11 is 0. The molecule has 0 saturated carbocycles. The second-order valence-corrected chi connectivity index (χ2v) is 4.37. The number of phosphoric ester groups is 1. The Bertz CT molecular complexity index is 319. The van der Waals surface area contributed by atoms with E-state index in [1.807, 2.05) is 0 Å². The van der Waals surface area contributed by atoms with E-state index in [-0.39, 0.29) is 0 Å². The average molecular weight is 326 g/mol. The molecule has 116 valence electrons. The van der Waals surface area contributed by atoms with E-state index in [2.05, 4.69) is 4.52 Å². The molecule has 13 heteroatoms. The van der Waals surface area contributed by atoms with Gasteiger partial charge in [0.2, 0.25) is 5.60 Å². The van der Waals surface area contributed by atoms with E-state index in [0.29, 0.717) is 0 Å². The van der Waals surface area contributed by atoms with Crippen LogP contribution in [-0.2, 0) is 9.09 Å². The lowest BCUT2D eigenvalue weighted by Crippen LogP contribution is -2.60. The van der Waals surface area contributed by atoms with Gasteiger partial charge in [-0.1, -0.05) is 0 Å². The maximum atomic E-state index is 13.0. The molecule has 0 heterocycles. The fourth-order valence-corrected chi connectivity index (χ4v) is 1.83. The molecule has 0 aliphatic carbocycles. The minimum absolute atomic E-state index is 2.94. The Hall–Kier alpha value is -0.450. The Morgan fingerprint density at radius 2 is 1.16 bits per heavy atom. The van der Waals surface area contributed by atoms with Crippen LogP contribution in [-0.4, -0.2) is 47.0 Å². The summed E-state index contributed by atoms with van der Waals surface area (Å²) in [4.78, 5) is 16.4. The number of phosphoric acid groups is 1. The van der Waals surface area contributed by atoms with E-state index in [4.69, 9.17) is 9.79 Å². The SMILES string of the molecule is O=P(O)(O)OC(C(F)F)(C(F)C(F)F)C(F)C(F)F. The smallest absolute Gasteiger partial charge is 0.303 e. The molecule has 0 aromatic heterocycles. The van der Waals surface area contributed by atoms with E-state index in [1.165, 1.54) is 0 Å². The molecular formula is C6H7F8O4P. The lowest BCUT2D eigenvalue weighted by atomic mass is 9.92. The number of hydrogen-bond donors (Lipinski definition) is 2. The van der Waals surface area contributed by atoms with Gasteiger partial charge in [0.1, 0.15) is 0 Å². The van der Waals surface area contributed by atoms with E-state index in [1.54, 1.807) is 0 Å². The molecule has 0 rings (SSSR count). The van der Waals surface area contributed by atoms with Gasteiger partial charge in [0.15, 0.2) is 12.3 Å². The van der Waals surface area contributed by atoms with Gasteiger partial charge in [0.05, 0.1) is 0 Å². The Kier molecular flexibility index (Phi) is 6.18. The van der Waals surface area contributed by atoms with Crippen molar-refractivity contribution >= 4 is 7.82 Å². The Labute approximate surface area is 100 Å². The maximum Gasteiger partial charge on any atom is 0.470 e. The summed E-state index contributed by atoms with van der Waals surface area (Å²) in [7, 11) is -6.15. The first-order valence-corrected chi connectivity index (χ1v) is 5.78. The molecule has 0 saturated heterocycles. The topological polar surface area (TPSA) is 66.8 Å². The second kappa shape index (κ2) is 6.33. The summed E-state index contributed by atoms with van der Waals surface area (Å²) in [6.07, 6.45) is -22.3. The van der Waals surface area contributed by atoms with Crippen LogP contribution in [0, 0.1) is 0 Å². The van der Waals surface area contributed by atoms with Crippen LogP contribution in [0.5, 0.6) is 0 Å². The van der Waals surface area contributed by atoms with Gasteiger partial charge in [-0.05, 0) is 0 Å². The van der Waals surface area contributed by atoms with Crippen LogP contribution < -0.4 is 0 Å². The minimum atomic E-state index is -6.15. The summed E-state index contributed by atoms with van der Waals surface area (Å²) in [5, 5.41) is 0. The number of hydrogen-bond acceptors (Lipinski definition) is 2. The highest BCUT2D eigenvalue weighted by molar-refractivity contribution is 7.46. The van der Waals surface area contributed by atoms with Crippen molar-refractivity contribution in [1.29, 1.82) is 0 Å². The van der Waals surface area contributed by atoms with Crippen molar-refractivity contribution < 1.29 is 54.0 Å². The fraction of sp³-hybridized carbons (Fsp3) is 1.00. The average Bonchev–Trinajstić information content (AvgIpc) is 2.21. The fourth-order valence-electron chi connectivity index (χ4n) is 1.13. The van der Waals surface area contributed by atoms with Crippen molar-refractivity contribution in [3.63, 3.8) is 0 Å². The predicted octanol–water partition coefficient (Wildman–Crippen LogP) is 2.31. The van der Waals surface area contributed by atoms with E-state index in [9.17, 15) is 39.7 Å². The van der Waals surface area contributed by atoms with E-state index >= 15 is 0 Å². The molecule has 0 bridgehead atoms. The summed E-state index contributed by atoms with van der Waals surface area (Å²) in [5.74, 6) is 0. The first-order valence-electron chi connectivity index (χ1n) is 4.25. The van der Waals surface area contributed by atoms with Crippen LogP contribution in [0.25, 0.3) is 0 Å². The highest BCUT2D eigenvalue weighted by Gasteiger charge is 2.64. The predicted molar refractivity (Wildman–Crippen MR) is 43.7 cm³/mol. The lowest BCUT2D eigenvalue weighted by molar-refractivity contribution is -0.216. The highest BCUT2D eigenvalue weighted by Crippen LogP contribution is 2.49.